The molecule has 0 saturated heterocycles. The van der Waals surface area contributed by atoms with E-state index in [4.69, 9.17) is 22.7 Å². The number of rotatable bonds is 7. The minimum Gasteiger partial charge on any atom is -0.369 e. The van der Waals surface area contributed by atoms with Gasteiger partial charge in [0.05, 0.1) is 0 Å². The number of nitrogens with two attached hydrogens (primary N) is 1. The van der Waals surface area contributed by atoms with Crippen molar-refractivity contribution in [3.8, 4) is 0 Å². The van der Waals surface area contributed by atoms with Gasteiger partial charge >= 0.3 is 0 Å². The summed E-state index contributed by atoms with van der Waals surface area (Å²) in [5.41, 5.74) is 9.16. The molecule has 0 unspecified atom stereocenters. The number of primary amides is 1. The number of nitrogens with one attached hydrogen (secondary N) is 1. The normalized spacial score (nSPS) is 17.0. The number of aryl methyl sites for hydroxylation is 1. The fourth-order valence-electron chi connectivity index (χ4n) is 3.32. The van der Waals surface area contributed by atoms with E-state index >= 15 is 0 Å². The highest BCUT2D eigenvalue weighted by Crippen LogP contribution is 2.38. The van der Waals surface area contributed by atoms with Crippen LogP contribution < -0.4 is 5.73 Å². The van der Waals surface area contributed by atoms with Crippen molar-refractivity contribution in [2.45, 2.75) is 46.5 Å². The summed E-state index contributed by atoms with van der Waals surface area (Å²) in [6.45, 7) is 6.33. The van der Waals surface area contributed by atoms with E-state index < -0.39 is 0 Å². The Morgan fingerprint density at radius 2 is 2.12 bits per heavy atom. The molecule has 4 heteroatoms. The number of carbonyl (C=O) groups is 1. The van der Waals surface area contributed by atoms with Gasteiger partial charge in [0.25, 0.3) is 0 Å². The third-order valence-corrected chi connectivity index (χ3v) is 5.38. The maximum absolute atomic E-state index is 11.9. The molecule has 1 aliphatic rings. The monoisotopic (exact) mass is 358 g/mol. The van der Waals surface area contributed by atoms with E-state index in [0.717, 1.165) is 17.5 Å². The minimum absolute atomic E-state index is 0.0509. The number of hydrogen-bond donors (Lipinski definition) is 2. The molecule has 1 aromatic rings. The van der Waals surface area contributed by atoms with Gasteiger partial charge in [0.15, 0.2) is 0 Å². The Morgan fingerprint density at radius 3 is 2.72 bits per heavy atom. The summed E-state index contributed by atoms with van der Waals surface area (Å²) < 4.78 is 0. The molecule has 3 nitrogen and oxygen atoms in total. The summed E-state index contributed by atoms with van der Waals surface area (Å²) in [4.78, 5) is 11.9. The molecule has 0 spiro atoms. The second-order valence-electron chi connectivity index (χ2n) is 7.46. The topological polar surface area (TPSA) is 66.9 Å². The van der Waals surface area contributed by atoms with Crippen LogP contribution in [0.15, 0.2) is 42.0 Å². The zero-order valence-electron chi connectivity index (χ0n) is 15.2. The van der Waals surface area contributed by atoms with E-state index in [2.05, 4.69) is 26.0 Å². The maximum atomic E-state index is 11.9. The van der Waals surface area contributed by atoms with Gasteiger partial charge in [-0.05, 0) is 49.7 Å². The smallest absolute Gasteiger partial charge is 0.220 e. The zero-order valence-corrected chi connectivity index (χ0v) is 16.0. The van der Waals surface area contributed by atoms with Crippen molar-refractivity contribution in [2.24, 2.45) is 17.1 Å². The number of halogens is 1. The molecule has 25 heavy (non-hydrogen) atoms. The first-order chi connectivity index (χ1) is 11.7. The summed E-state index contributed by atoms with van der Waals surface area (Å²) >= 11 is 6.25. The maximum Gasteiger partial charge on any atom is 0.220 e. The fraction of sp³-hybridized carbons (Fsp3) is 0.429. The molecular formula is C21H27ClN2O. The van der Waals surface area contributed by atoms with Crippen molar-refractivity contribution in [3.63, 3.8) is 0 Å². The molecule has 3 N–H and O–H groups in total. The highest BCUT2D eigenvalue weighted by molar-refractivity contribution is 6.34. The predicted molar refractivity (Wildman–Crippen MR) is 105 cm³/mol. The molecule has 1 aliphatic carbocycles. The number of amides is 1. The SMILES string of the molecule is Cc1cccc(Cl)c1C(=N)CC[C@H](CC1=CC=CCC1(C)C)C(N)=O. The molecule has 0 fully saturated rings. The standard InChI is InChI=1S/C21H27ClN2O/c1-14-7-6-9-17(22)19(14)18(23)11-10-15(20(24)25)13-16-8-4-5-12-21(16,2)3/h4-9,15,23H,10-13H2,1-3H3,(H2,24,25)/t15-/m1/s1. The van der Waals surface area contributed by atoms with Crippen LogP contribution >= 0.6 is 11.6 Å². The molecule has 0 radical (unpaired) electrons. The summed E-state index contributed by atoms with van der Waals surface area (Å²) in [6, 6.07) is 5.63. The molecular weight excluding hydrogens is 332 g/mol. The summed E-state index contributed by atoms with van der Waals surface area (Å²) in [7, 11) is 0. The van der Waals surface area contributed by atoms with Crippen LogP contribution in [0.2, 0.25) is 5.02 Å². The van der Waals surface area contributed by atoms with Gasteiger partial charge in [-0.2, -0.15) is 0 Å². The van der Waals surface area contributed by atoms with Crippen molar-refractivity contribution < 1.29 is 4.79 Å². The molecule has 1 amide bonds. The van der Waals surface area contributed by atoms with E-state index in [9.17, 15) is 4.79 Å². The second kappa shape index (κ2) is 8.01. The average molecular weight is 359 g/mol. The van der Waals surface area contributed by atoms with Crippen LogP contribution in [0.4, 0.5) is 0 Å². The second-order valence-corrected chi connectivity index (χ2v) is 7.87. The third kappa shape index (κ3) is 4.82. The highest BCUT2D eigenvalue weighted by atomic mass is 35.5. The van der Waals surface area contributed by atoms with E-state index in [1.165, 1.54) is 5.57 Å². The lowest BCUT2D eigenvalue weighted by Crippen LogP contribution is -2.27. The Balaban J connectivity index is 2.08. The average Bonchev–Trinajstić information content (AvgIpc) is 2.52. The van der Waals surface area contributed by atoms with Gasteiger partial charge in [-0.3, -0.25) is 4.79 Å². The van der Waals surface area contributed by atoms with Gasteiger partial charge in [0.1, 0.15) is 0 Å². The van der Waals surface area contributed by atoms with Crippen LogP contribution in [0.5, 0.6) is 0 Å². The van der Waals surface area contributed by atoms with Crippen molar-refractivity contribution in [1.82, 2.24) is 0 Å². The van der Waals surface area contributed by atoms with Crippen molar-refractivity contribution in [1.29, 1.82) is 5.41 Å². The number of benzene rings is 1. The Bertz CT molecular complexity index is 711. The van der Waals surface area contributed by atoms with Gasteiger partial charge in [0.2, 0.25) is 5.91 Å². The summed E-state index contributed by atoms with van der Waals surface area (Å²) in [5, 5.41) is 8.97. The summed E-state index contributed by atoms with van der Waals surface area (Å²) in [5.74, 6) is -0.560. The Labute approximate surface area is 155 Å². The van der Waals surface area contributed by atoms with Crippen LogP contribution in [-0.2, 0) is 4.79 Å². The number of allylic oxidation sites excluding steroid dienone is 4. The minimum atomic E-state index is -0.296. The van der Waals surface area contributed by atoms with E-state index in [-0.39, 0.29) is 17.2 Å². The lowest BCUT2D eigenvalue weighted by molar-refractivity contribution is -0.122. The quantitative estimate of drug-likeness (QED) is 0.646. The van der Waals surface area contributed by atoms with Crippen LogP contribution in [0.1, 0.15) is 50.7 Å². The molecule has 134 valence electrons. The molecule has 0 aliphatic heterocycles. The van der Waals surface area contributed by atoms with Crippen molar-refractivity contribution in [2.75, 3.05) is 0 Å². The van der Waals surface area contributed by atoms with E-state index in [1.54, 1.807) is 6.07 Å². The van der Waals surface area contributed by atoms with Gasteiger partial charge in [0, 0.05) is 22.2 Å². The van der Waals surface area contributed by atoms with E-state index in [1.807, 2.05) is 25.1 Å². The molecule has 1 atom stereocenters. The first-order valence-corrected chi connectivity index (χ1v) is 9.08. The van der Waals surface area contributed by atoms with Crippen LogP contribution in [0.25, 0.3) is 0 Å². The first-order valence-electron chi connectivity index (χ1n) is 8.71. The van der Waals surface area contributed by atoms with Gasteiger partial charge in [-0.1, -0.05) is 61.4 Å². The molecule has 0 heterocycles. The van der Waals surface area contributed by atoms with Gasteiger partial charge in [-0.25, -0.2) is 0 Å². The molecule has 0 bridgehead atoms. The number of carbonyl (C=O) groups excluding carboxylic acids is 1. The van der Waals surface area contributed by atoms with Crippen LogP contribution in [0.3, 0.4) is 0 Å². The van der Waals surface area contributed by atoms with Crippen molar-refractivity contribution in [3.05, 3.63) is 58.1 Å². The lowest BCUT2D eigenvalue weighted by atomic mass is 9.74. The first kappa shape index (κ1) is 19.5. The highest BCUT2D eigenvalue weighted by Gasteiger charge is 2.28. The lowest BCUT2D eigenvalue weighted by Gasteiger charge is -2.31. The van der Waals surface area contributed by atoms with E-state index in [0.29, 0.717) is 30.0 Å². The van der Waals surface area contributed by atoms with Gasteiger partial charge in [-0.15, -0.1) is 0 Å². The van der Waals surface area contributed by atoms with Crippen LogP contribution in [0, 0.1) is 23.7 Å². The Morgan fingerprint density at radius 1 is 1.40 bits per heavy atom. The number of hydrogen-bond acceptors (Lipinski definition) is 2. The molecule has 2 rings (SSSR count). The Hall–Kier alpha value is -1.87. The molecule has 0 saturated carbocycles. The zero-order chi connectivity index (χ0) is 18.6. The Kier molecular flexibility index (Phi) is 6.23. The molecule has 0 aromatic heterocycles. The molecule has 1 aromatic carbocycles. The predicted octanol–water partition coefficient (Wildman–Crippen LogP) is 5.20. The van der Waals surface area contributed by atoms with Crippen LogP contribution in [-0.4, -0.2) is 11.6 Å². The third-order valence-electron chi connectivity index (χ3n) is 5.07. The van der Waals surface area contributed by atoms with Crippen molar-refractivity contribution >= 4 is 23.2 Å². The van der Waals surface area contributed by atoms with Gasteiger partial charge < -0.3 is 11.1 Å². The fourth-order valence-corrected chi connectivity index (χ4v) is 3.65. The largest absolute Gasteiger partial charge is 0.369 e. The summed E-state index contributed by atoms with van der Waals surface area (Å²) in [6.07, 6.45) is 8.98.